The Morgan fingerprint density at radius 3 is 2.06 bits per heavy atom. The predicted octanol–water partition coefficient (Wildman–Crippen LogP) is 4.80. The molecule has 1 aliphatic heterocycles. The highest BCUT2D eigenvalue weighted by atomic mass is 19.1. The summed E-state index contributed by atoms with van der Waals surface area (Å²) in [6.07, 6.45) is 1.88. The molecule has 0 bridgehead atoms. The van der Waals surface area contributed by atoms with Gasteiger partial charge in [0.25, 0.3) is 5.91 Å². The minimum atomic E-state index is -0.334. The van der Waals surface area contributed by atoms with Crippen LogP contribution in [0.5, 0.6) is 0 Å². The largest absolute Gasteiger partial charge is 0.354 e. The lowest BCUT2D eigenvalue weighted by Crippen LogP contribution is -2.48. The number of nitrogens with zero attached hydrogens (tertiary/aromatic N) is 4. The molecular weight excluding hydrogens is 403 g/mol. The van der Waals surface area contributed by atoms with Gasteiger partial charge in [-0.15, -0.1) is 0 Å². The molecule has 2 aromatic carbocycles. The van der Waals surface area contributed by atoms with E-state index >= 15 is 0 Å². The average Bonchev–Trinajstić information content (AvgIpc) is 2.83. The Bertz CT molecular complexity index is 898. The molecule has 1 amide bonds. The van der Waals surface area contributed by atoms with Gasteiger partial charge in [0.15, 0.2) is 0 Å². The Labute approximate surface area is 191 Å². The third-order valence-corrected chi connectivity index (χ3v) is 5.86. The minimum Gasteiger partial charge on any atom is -0.354 e. The highest BCUT2D eigenvalue weighted by Gasteiger charge is 2.21. The summed E-state index contributed by atoms with van der Waals surface area (Å²) in [5.41, 5.74) is 1.90. The average molecular weight is 439 g/mol. The van der Waals surface area contributed by atoms with Gasteiger partial charge in [0, 0.05) is 50.4 Å². The fourth-order valence-corrected chi connectivity index (χ4v) is 4.05. The van der Waals surface area contributed by atoms with Crippen LogP contribution >= 0.6 is 0 Å². The molecule has 1 saturated heterocycles. The second-order valence-corrected chi connectivity index (χ2v) is 8.18. The third-order valence-electron chi connectivity index (χ3n) is 5.86. The summed E-state index contributed by atoms with van der Waals surface area (Å²) in [4.78, 5) is 24.2. The molecule has 1 heterocycles. The molecule has 0 aromatic heterocycles. The van der Waals surface area contributed by atoms with Gasteiger partial charge in [-0.05, 0) is 43.7 Å². The number of carbonyl (C=O) groups is 1. The number of benzene rings is 2. The fraction of sp³-hybridized carbons (Fsp3) is 0.462. The summed E-state index contributed by atoms with van der Waals surface area (Å²) in [6, 6.07) is 14.2. The number of hydrogen-bond donors (Lipinski definition) is 0. The van der Waals surface area contributed by atoms with Crippen molar-refractivity contribution in [3.8, 4) is 0 Å². The van der Waals surface area contributed by atoms with E-state index < -0.39 is 0 Å². The van der Waals surface area contributed by atoms with Crippen molar-refractivity contribution in [3.05, 3.63) is 65.5 Å². The molecule has 6 heteroatoms. The fourth-order valence-electron chi connectivity index (χ4n) is 4.05. The molecular formula is C26H35FN4O. The first-order chi connectivity index (χ1) is 15.6. The standard InChI is InChI=1S/C26H35FN4O/c1-4-15-31(16-5-2)26(32)22-13-11-21(12-14-22)25(28-24-10-8-7-9-23(24)27)30-19-17-29(6-3)18-20-30/h7-14H,4-6,15-20H2,1-3H3. The molecule has 0 unspecified atom stereocenters. The van der Waals surface area contributed by atoms with Crippen LogP contribution in [-0.4, -0.2) is 72.3 Å². The van der Waals surface area contributed by atoms with Gasteiger partial charge < -0.3 is 14.7 Å². The first-order valence-electron chi connectivity index (χ1n) is 11.8. The molecule has 0 aliphatic carbocycles. The number of amides is 1. The van der Waals surface area contributed by atoms with Gasteiger partial charge in [-0.25, -0.2) is 9.38 Å². The van der Waals surface area contributed by atoms with Gasteiger partial charge in [0.1, 0.15) is 17.3 Å². The molecule has 1 fully saturated rings. The van der Waals surface area contributed by atoms with Crippen molar-refractivity contribution in [3.63, 3.8) is 0 Å². The Hall–Kier alpha value is -2.73. The number of para-hydroxylation sites is 1. The van der Waals surface area contributed by atoms with Crippen LogP contribution in [0.2, 0.25) is 0 Å². The van der Waals surface area contributed by atoms with Gasteiger partial charge in [-0.2, -0.15) is 0 Å². The second-order valence-electron chi connectivity index (χ2n) is 8.18. The molecule has 0 spiro atoms. The van der Waals surface area contributed by atoms with Crippen LogP contribution in [0, 0.1) is 5.82 Å². The minimum absolute atomic E-state index is 0.0596. The van der Waals surface area contributed by atoms with E-state index in [0.29, 0.717) is 11.3 Å². The maximum atomic E-state index is 14.4. The van der Waals surface area contributed by atoms with E-state index in [1.807, 2.05) is 29.2 Å². The molecule has 32 heavy (non-hydrogen) atoms. The molecule has 0 saturated carbocycles. The van der Waals surface area contributed by atoms with Crippen molar-refractivity contribution in [2.45, 2.75) is 33.6 Å². The summed E-state index contributed by atoms with van der Waals surface area (Å²) in [7, 11) is 0. The second kappa shape index (κ2) is 11.8. The van der Waals surface area contributed by atoms with Gasteiger partial charge in [0.2, 0.25) is 0 Å². The summed E-state index contributed by atoms with van der Waals surface area (Å²) >= 11 is 0. The van der Waals surface area contributed by atoms with Crippen LogP contribution in [-0.2, 0) is 0 Å². The van der Waals surface area contributed by atoms with E-state index in [1.165, 1.54) is 6.07 Å². The molecule has 0 N–H and O–H groups in total. The Morgan fingerprint density at radius 2 is 1.50 bits per heavy atom. The van der Waals surface area contributed by atoms with Gasteiger partial charge >= 0.3 is 0 Å². The zero-order valence-electron chi connectivity index (χ0n) is 19.6. The number of aliphatic imine (C=N–C) groups is 1. The zero-order chi connectivity index (χ0) is 22.9. The number of carbonyl (C=O) groups excluding carboxylic acids is 1. The summed E-state index contributed by atoms with van der Waals surface area (Å²) in [5.74, 6) is 0.479. The number of rotatable bonds is 8. The van der Waals surface area contributed by atoms with E-state index in [0.717, 1.165) is 70.1 Å². The molecule has 2 aromatic rings. The zero-order valence-corrected chi connectivity index (χ0v) is 19.6. The normalized spacial score (nSPS) is 15.1. The van der Waals surface area contributed by atoms with Crippen LogP contribution in [0.4, 0.5) is 10.1 Å². The maximum Gasteiger partial charge on any atom is 0.253 e. The van der Waals surface area contributed by atoms with E-state index in [1.54, 1.807) is 18.2 Å². The molecule has 3 rings (SSSR count). The molecule has 5 nitrogen and oxygen atoms in total. The van der Waals surface area contributed by atoms with Gasteiger partial charge in [0.05, 0.1) is 0 Å². The van der Waals surface area contributed by atoms with Crippen LogP contribution in [0.25, 0.3) is 0 Å². The summed E-state index contributed by atoms with van der Waals surface area (Å²) in [6.45, 7) is 12.5. The molecule has 0 atom stereocenters. The highest BCUT2D eigenvalue weighted by molar-refractivity contribution is 6.02. The van der Waals surface area contributed by atoms with Crippen molar-refractivity contribution >= 4 is 17.4 Å². The lowest BCUT2D eigenvalue weighted by atomic mass is 10.1. The first kappa shape index (κ1) is 23.9. The molecule has 172 valence electrons. The number of likely N-dealkylation sites (N-methyl/N-ethyl adjacent to an activating group) is 1. The Balaban J connectivity index is 1.90. The van der Waals surface area contributed by atoms with Crippen LogP contribution in [0.3, 0.4) is 0 Å². The Kier molecular flexibility index (Phi) is 8.80. The summed E-state index contributed by atoms with van der Waals surface area (Å²) in [5, 5.41) is 0. The number of hydrogen-bond acceptors (Lipinski definition) is 3. The van der Waals surface area contributed by atoms with E-state index in [-0.39, 0.29) is 11.7 Å². The van der Waals surface area contributed by atoms with E-state index in [9.17, 15) is 9.18 Å². The molecule has 1 aliphatic rings. The lowest BCUT2D eigenvalue weighted by Gasteiger charge is -2.36. The number of amidine groups is 1. The Morgan fingerprint density at radius 1 is 0.906 bits per heavy atom. The predicted molar refractivity (Wildman–Crippen MR) is 129 cm³/mol. The van der Waals surface area contributed by atoms with Crippen molar-refractivity contribution in [1.29, 1.82) is 0 Å². The smallest absolute Gasteiger partial charge is 0.253 e. The topological polar surface area (TPSA) is 39.2 Å². The summed E-state index contributed by atoms with van der Waals surface area (Å²) < 4.78 is 14.4. The van der Waals surface area contributed by atoms with Crippen molar-refractivity contribution in [2.24, 2.45) is 4.99 Å². The van der Waals surface area contributed by atoms with Gasteiger partial charge in [-0.3, -0.25) is 4.79 Å². The van der Waals surface area contributed by atoms with Crippen LogP contribution in [0.1, 0.15) is 49.5 Å². The third kappa shape index (κ3) is 5.94. The van der Waals surface area contributed by atoms with E-state index in [4.69, 9.17) is 4.99 Å². The van der Waals surface area contributed by atoms with Crippen LogP contribution in [0.15, 0.2) is 53.5 Å². The van der Waals surface area contributed by atoms with Gasteiger partial charge in [-0.1, -0.05) is 45.0 Å². The first-order valence-corrected chi connectivity index (χ1v) is 11.8. The highest BCUT2D eigenvalue weighted by Crippen LogP contribution is 2.21. The van der Waals surface area contributed by atoms with E-state index in [2.05, 4.69) is 30.6 Å². The lowest BCUT2D eigenvalue weighted by molar-refractivity contribution is 0.0755. The number of piperazine rings is 1. The van der Waals surface area contributed by atoms with Crippen molar-refractivity contribution in [2.75, 3.05) is 45.8 Å². The monoisotopic (exact) mass is 438 g/mol. The maximum absolute atomic E-state index is 14.4. The molecule has 0 radical (unpaired) electrons. The quantitative estimate of drug-likeness (QED) is 0.439. The van der Waals surface area contributed by atoms with Crippen molar-refractivity contribution in [1.82, 2.24) is 14.7 Å². The van der Waals surface area contributed by atoms with Crippen molar-refractivity contribution < 1.29 is 9.18 Å². The van der Waals surface area contributed by atoms with Crippen LogP contribution < -0.4 is 0 Å². The SMILES string of the molecule is CCCN(CCC)C(=O)c1ccc(C(=Nc2ccccc2F)N2CCN(CC)CC2)cc1. The number of halogens is 1.